The van der Waals surface area contributed by atoms with Gasteiger partial charge in [-0.2, -0.15) is 0 Å². The first kappa shape index (κ1) is 20.8. The van der Waals surface area contributed by atoms with Crippen LogP contribution in [-0.4, -0.2) is 31.2 Å². The van der Waals surface area contributed by atoms with Crippen molar-refractivity contribution < 1.29 is 14.4 Å². The molecule has 0 atom stereocenters. The topological polar surface area (TPSA) is 64.8 Å². The van der Waals surface area contributed by atoms with E-state index >= 15 is 0 Å². The first-order valence-electron chi connectivity index (χ1n) is 9.61. The van der Waals surface area contributed by atoms with Crippen LogP contribution in [0.4, 0.5) is 11.4 Å². The van der Waals surface area contributed by atoms with E-state index in [0.717, 1.165) is 58.0 Å². The molecule has 6 nitrogen and oxygen atoms in total. The van der Waals surface area contributed by atoms with Gasteiger partial charge in [-0.05, 0) is 48.0 Å². The molecule has 0 spiro atoms. The van der Waals surface area contributed by atoms with Crippen molar-refractivity contribution in [2.24, 2.45) is 0 Å². The van der Waals surface area contributed by atoms with Crippen molar-refractivity contribution in [3.63, 3.8) is 0 Å². The van der Waals surface area contributed by atoms with Crippen LogP contribution in [0.1, 0.15) is 58.8 Å². The smallest absolute Gasteiger partial charge is 0.339 e. The number of nitro benzene ring substituents is 1. The van der Waals surface area contributed by atoms with E-state index in [9.17, 15) is 10.1 Å². The Morgan fingerprint density at radius 1 is 1.12 bits per heavy atom. The minimum absolute atomic E-state index is 0.0175. The van der Waals surface area contributed by atoms with Crippen molar-refractivity contribution in [3.05, 3.63) is 20.7 Å². The van der Waals surface area contributed by atoms with E-state index in [0.29, 0.717) is 34.9 Å². The van der Waals surface area contributed by atoms with Gasteiger partial charge >= 0.3 is 5.69 Å². The van der Waals surface area contributed by atoms with Crippen molar-refractivity contribution in [2.75, 3.05) is 31.2 Å². The number of rotatable bonds is 10. The fourth-order valence-electron chi connectivity index (χ4n) is 3.07. The molecule has 0 saturated carbocycles. The Kier molecular flexibility index (Phi) is 8.48. The monoisotopic (exact) mass is 428 g/mol. The van der Waals surface area contributed by atoms with Gasteiger partial charge < -0.3 is 14.4 Å². The summed E-state index contributed by atoms with van der Waals surface area (Å²) in [4.78, 5) is 13.7. The molecule has 0 N–H and O–H groups in total. The summed E-state index contributed by atoms with van der Waals surface area (Å²) in [6.07, 6.45) is 6.99. The van der Waals surface area contributed by atoms with Gasteiger partial charge in [0.15, 0.2) is 11.4 Å². The van der Waals surface area contributed by atoms with Crippen molar-refractivity contribution in [1.82, 2.24) is 0 Å². The zero-order chi connectivity index (χ0) is 18.9. The van der Waals surface area contributed by atoms with Crippen LogP contribution in [0.25, 0.3) is 0 Å². The third kappa shape index (κ3) is 5.25. The van der Waals surface area contributed by atoms with Crippen LogP contribution in [0.2, 0.25) is 0 Å². The summed E-state index contributed by atoms with van der Waals surface area (Å²) >= 11 is 3.46. The SMILES string of the molecule is CCCCOc1cc(Br)c(OCCCC)c([N+](=O)[O-])c1N1CCCCC1. The second-order valence-electron chi connectivity index (χ2n) is 6.59. The lowest BCUT2D eigenvalue weighted by molar-refractivity contribution is -0.385. The summed E-state index contributed by atoms with van der Waals surface area (Å²) < 4.78 is 12.3. The zero-order valence-electron chi connectivity index (χ0n) is 15.8. The number of unbranched alkanes of at least 4 members (excludes halogenated alkanes) is 2. The van der Waals surface area contributed by atoms with Gasteiger partial charge in [-0.15, -0.1) is 0 Å². The molecule has 1 aromatic rings. The highest BCUT2D eigenvalue weighted by atomic mass is 79.9. The fourth-order valence-corrected chi connectivity index (χ4v) is 3.58. The minimum atomic E-state index is -0.331. The molecule has 0 bridgehead atoms. The molecule has 1 fully saturated rings. The van der Waals surface area contributed by atoms with Crippen molar-refractivity contribution in [3.8, 4) is 11.5 Å². The van der Waals surface area contributed by atoms with Crippen LogP contribution in [-0.2, 0) is 0 Å². The molecule has 7 heteroatoms. The number of piperidine rings is 1. The van der Waals surface area contributed by atoms with Crippen LogP contribution < -0.4 is 14.4 Å². The number of benzene rings is 1. The van der Waals surface area contributed by atoms with Gasteiger partial charge in [0, 0.05) is 19.2 Å². The number of hydrogen-bond donors (Lipinski definition) is 0. The Morgan fingerprint density at radius 2 is 1.73 bits per heavy atom. The van der Waals surface area contributed by atoms with E-state index in [1.807, 2.05) is 6.07 Å². The third-order valence-corrected chi connectivity index (χ3v) is 5.09. The predicted octanol–water partition coefficient (Wildman–Crippen LogP) is 5.71. The summed E-state index contributed by atoms with van der Waals surface area (Å²) in [6, 6.07) is 1.83. The van der Waals surface area contributed by atoms with Crippen LogP contribution in [0.15, 0.2) is 10.5 Å². The number of hydrogen-bond acceptors (Lipinski definition) is 5. The first-order valence-corrected chi connectivity index (χ1v) is 10.4. The zero-order valence-corrected chi connectivity index (χ0v) is 17.3. The molecule has 0 amide bonds. The molecular weight excluding hydrogens is 400 g/mol. The quantitative estimate of drug-likeness (QED) is 0.271. The summed E-state index contributed by atoms with van der Waals surface area (Å²) in [5.74, 6) is 0.883. The molecule has 146 valence electrons. The summed E-state index contributed by atoms with van der Waals surface area (Å²) in [6.45, 7) is 6.79. The average Bonchev–Trinajstić information content (AvgIpc) is 2.63. The summed E-state index contributed by atoms with van der Waals surface area (Å²) in [5.41, 5.74) is 0.587. The summed E-state index contributed by atoms with van der Waals surface area (Å²) in [7, 11) is 0. The number of nitro groups is 1. The average molecular weight is 429 g/mol. The Balaban J connectivity index is 2.47. The standard InChI is InChI=1S/C19H29BrN2O4/c1-3-5-12-25-16-14-15(20)19(26-13-6-4-2)18(22(23)24)17(16)21-10-8-7-9-11-21/h14H,3-13H2,1-2H3. The van der Waals surface area contributed by atoms with Crippen LogP contribution >= 0.6 is 15.9 Å². The molecule has 0 aromatic heterocycles. The lowest BCUT2D eigenvalue weighted by atomic mass is 10.1. The Labute approximate surface area is 164 Å². The molecule has 0 unspecified atom stereocenters. The van der Waals surface area contributed by atoms with Crippen LogP contribution in [0, 0.1) is 10.1 Å². The van der Waals surface area contributed by atoms with Crippen LogP contribution in [0.3, 0.4) is 0 Å². The first-order chi connectivity index (χ1) is 12.6. The van der Waals surface area contributed by atoms with Gasteiger partial charge in [-0.1, -0.05) is 26.7 Å². The molecular formula is C19H29BrN2O4. The second kappa shape index (κ2) is 10.6. The second-order valence-corrected chi connectivity index (χ2v) is 7.45. The molecule has 0 aliphatic carbocycles. The van der Waals surface area contributed by atoms with E-state index in [-0.39, 0.29) is 10.6 Å². The predicted molar refractivity (Wildman–Crippen MR) is 108 cm³/mol. The number of ether oxygens (including phenoxy) is 2. The maximum absolute atomic E-state index is 12.0. The van der Waals surface area contributed by atoms with Crippen molar-refractivity contribution in [1.29, 1.82) is 0 Å². The number of anilines is 1. The van der Waals surface area contributed by atoms with Crippen molar-refractivity contribution >= 4 is 27.3 Å². The van der Waals surface area contributed by atoms with Gasteiger partial charge in [-0.3, -0.25) is 10.1 Å². The van der Waals surface area contributed by atoms with E-state index in [1.165, 1.54) is 0 Å². The molecule has 1 heterocycles. The van der Waals surface area contributed by atoms with Gasteiger partial charge in [0.05, 0.1) is 22.6 Å². The highest BCUT2D eigenvalue weighted by molar-refractivity contribution is 9.10. The molecule has 2 rings (SSSR count). The molecule has 0 radical (unpaired) electrons. The lowest BCUT2D eigenvalue weighted by Crippen LogP contribution is -2.30. The molecule has 1 saturated heterocycles. The molecule has 26 heavy (non-hydrogen) atoms. The van der Waals surface area contributed by atoms with Gasteiger partial charge in [-0.25, -0.2) is 0 Å². The Morgan fingerprint density at radius 3 is 2.31 bits per heavy atom. The minimum Gasteiger partial charge on any atom is -0.491 e. The maximum atomic E-state index is 12.0. The maximum Gasteiger partial charge on any atom is 0.339 e. The lowest BCUT2D eigenvalue weighted by Gasteiger charge is -2.30. The van der Waals surface area contributed by atoms with Crippen LogP contribution in [0.5, 0.6) is 11.5 Å². The van der Waals surface area contributed by atoms with Gasteiger partial charge in [0.25, 0.3) is 0 Å². The third-order valence-electron chi connectivity index (χ3n) is 4.50. The van der Waals surface area contributed by atoms with E-state index in [1.54, 1.807) is 0 Å². The van der Waals surface area contributed by atoms with E-state index in [2.05, 4.69) is 34.7 Å². The molecule has 1 aliphatic rings. The number of halogens is 1. The summed E-state index contributed by atoms with van der Waals surface area (Å²) in [5, 5.41) is 12.0. The fraction of sp³-hybridized carbons (Fsp3) is 0.684. The largest absolute Gasteiger partial charge is 0.491 e. The normalized spacial score (nSPS) is 14.3. The van der Waals surface area contributed by atoms with Crippen molar-refractivity contribution in [2.45, 2.75) is 58.8 Å². The number of nitrogens with zero attached hydrogens (tertiary/aromatic N) is 2. The molecule has 1 aromatic carbocycles. The molecule has 1 aliphatic heterocycles. The Hall–Kier alpha value is -1.50. The van der Waals surface area contributed by atoms with E-state index < -0.39 is 0 Å². The highest BCUT2D eigenvalue weighted by Gasteiger charge is 2.32. The highest BCUT2D eigenvalue weighted by Crippen LogP contribution is 2.49. The van der Waals surface area contributed by atoms with Gasteiger partial charge in [0.2, 0.25) is 5.75 Å². The van der Waals surface area contributed by atoms with E-state index in [4.69, 9.17) is 9.47 Å². The Bertz CT molecular complexity index is 604. The van der Waals surface area contributed by atoms with Gasteiger partial charge in [0.1, 0.15) is 0 Å².